The number of phenolic OH excluding ortho intramolecular Hbond substituents is 1. The van der Waals surface area contributed by atoms with Crippen molar-refractivity contribution >= 4 is 0 Å². The van der Waals surface area contributed by atoms with Crippen molar-refractivity contribution in [1.29, 1.82) is 0 Å². The molecular formula is C11H11NO4. The molecule has 0 aliphatic heterocycles. The number of oxazole rings is 1. The van der Waals surface area contributed by atoms with Crippen LogP contribution in [0.15, 0.2) is 29.0 Å². The number of benzene rings is 1. The minimum absolute atomic E-state index is 0.00894. The molecule has 0 bridgehead atoms. The molecule has 0 saturated heterocycles. The normalized spacial score (nSPS) is 10.1. The number of aromatic nitrogens is 1. The van der Waals surface area contributed by atoms with Crippen LogP contribution in [0.4, 0.5) is 0 Å². The monoisotopic (exact) mass is 221 g/mol. The van der Waals surface area contributed by atoms with Crippen LogP contribution in [0.25, 0.3) is 11.5 Å². The molecule has 5 nitrogen and oxygen atoms in total. The minimum atomic E-state index is 0.00894. The van der Waals surface area contributed by atoms with Crippen LogP contribution in [0, 0.1) is 0 Å². The second-order valence-electron chi connectivity index (χ2n) is 3.04. The number of phenols is 1. The Labute approximate surface area is 92.3 Å². The van der Waals surface area contributed by atoms with E-state index in [1.807, 2.05) is 0 Å². The van der Waals surface area contributed by atoms with E-state index in [-0.39, 0.29) is 11.5 Å². The summed E-state index contributed by atoms with van der Waals surface area (Å²) < 4.78 is 15.4. The predicted octanol–water partition coefficient (Wildman–Crippen LogP) is 2.06. The number of methoxy groups -OCH3 is 2. The maximum absolute atomic E-state index is 9.59. The molecule has 1 aromatic heterocycles. The maximum Gasteiger partial charge on any atom is 0.229 e. The fourth-order valence-electron chi connectivity index (χ4n) is 1.48. The Morgan fingerprint density at radius 2 is 1.94 bits per heavy atom. The number of hydrogen-bond donors (Lipinski definition) is 1. The van der Waals surface area contributed by atoms with Crippen LogP contribution < -0.4 is 9.47 Å². The zero-order chi connectivity index (χ0) is 11.5. The fraction of sp³-hybridized carbons (Fsp3) is 0.182. The summed E-state index contributed by atoms with van der Waals surface area (Å²) in [4.78, 5) is 4.02. The largest absolute Gasteiger partial charge is 0.504 e. The summed E-state index contributed by atoms with van der Waals surface area (Å²) >= 11 is 0. The molecular weight excluding hydrogens is 210 g/mol. The van der Waals surface area contributed by atoms with Crippen molar-refractivity contribution in [1.82, 2.24) is 4.98 Å². The van der Waals surface area contributed by atoms with Gasteiger partial charge in [-0.25, -0.2) is 4.98 Å². The molecule has 2 aromatic rings. The highest BCUT2D eigenvalue weighted by atomic mass is 16.5. The number of ether oxygens (including phenoxy) is 2. The summed E-state index contributed by atoms with van der Waals surface area (Å²) in [7, 11) is 2.95. The van der Waals surface area contributed by atoms with Crippen LogP contribution in [-0.4, -0.2) is 24.3 Å². The molecule has 0 fully saturated rings. The van der Waals surface area contributed by atoms with E-state index in [4.69, 9.17) is 13.9 Å². The van der Waals surface area contributed by atoms with E-state index >= 15 is 0 Å². The number of nitrogens with zero attached hydrogens (tertiary/aromatic N) is 1. The highest BCUT2D eigenvalue weighted by Crippen LogP contribution is 2.43. The molecule has 84 valence electrons. The molecule has 0 aliphatic carbocycles. The zero-order valence-corrected chi connectivity index (χ0v) is 8.93. The zero-order valence-electron chi connectivity index (χ0n) is 8.93. The van der Waals surface area contributed by atoms with Gasteiger partial charge < -0.3 is 19.0 Å². The first kappa shape index (κ1) is 10.4. The quantitative estimate of drug-likeness (QED) is 0.859. The molecule has 1 heterocycles. The van der Waals surface area contributed by atoms with Crippen molar-refractivity contribution in [2.45, 2.75) is 0 Å². The van der Waals surface area contributed by atoms with Crippen molar-refractivity contribution in [3.63, 3.8) is 0 Å². The van der Waals surface area contributed by atoms with E-state index in [0.29, 0.717) is 17.2 Å². The molecule has 0 saturated carbocycles. The van der Waals surface area contributed by atoms with Gasteiger partial charge in [0.1, 0.15) is 6.26 Å². The summed E-state index contributed by atoms with van der Waals surface area (Å²) in [6.07, 6.45) is 3.00. The number of aromatic hydroxyl groups is 1. The lowest BCUT2D eigenvalue weighted by Crippen LogP contribution is -1.93. The van der Waals surface area contributed by atoms with Crippen LogP contribution in [0.5, 0.6) is 17.2 Å². The summed E-state index contributed by atoms with van der Waals surface area (Å²) in [5, 5.41) is 9.59. The first-order valence-electron chi connectivity index (χ1n) is 4.61. The van der Waals surface area contributed by atoms with Gasteiger partial charge in [0, 0.05) is 0 Å². The van der Waals surface area contributed by atoms with Gasteiger partial charge in [-0.15, -0.1) is 0 Å². The molecule has 0 atom stereocenters. The lowest BCUT2D eigenvalue weighted by molar-refractivity contribution is 0.333. The third-order valence-corrected chi connectivity index (χ3v) is 2.16. The molecule has 16 heavy (non-hydrogen) atoms. The minimum Gasteiger partial charge on any atom is -0.504 e. The lowest BCUT2D eigenvalue weighted by atomic mass is 10.1. The molecule has 0 radical (unpaired) electrons. The van der Waals surface area contributed by atoms with Crippen LogP contribution in [-0.2, 0) is 0 Å². The number of rotatable bonds is 3. The third kappa shape index (κ3) is 1.56. The van der Waals surface area contributed by atoms with E-state index < -0.39 is 0 Å². The number of hydrogen-bond acceptors (Lipinski definition) is 5. The van der Waals surface area contributed by atoms with Crippen LogP contribution in [0.1, 0.15) is 0 Å². The van der Waals surface area contributed by atoms with Gasteiger partial charge in [-0.05, 0) is 12.1 Å². The van der Waals surface area contributed by atoms with Gasteiger partial charge in [0.15, 0.2) is 11.5 Å². The van der Waals surface area contributed by atoms with Crippen LogP contribution >= 0.6 is 0 Å². The SMILES string of the molecule is COc1c(O)ccc(-c2ncco2)c1OC. The second kappa shape index (κ2) is 4.14. The maximum atomic E-state index is 9.59. The summed E-state index contributed by atoms with van der Waals surface area (Å²) in [6, 6.07) is 3.16. The topological polar surface area (TPSA) is 64.7 Å². The Hall–Kier alpha value is -2.17. The Balaban J connectivity index is 2.62. The lowest BCUT2D eigenvalue weighted by Gasteiger charge is -2.11. The van der Waals surface area contributed by atoms with Gasteiger partial charge in [-0.3, -0.25) is 0 Å². The fourth-order valence-corrected chi connectivity index (χ4v) is 1.48. The Morgan fingerprint density at radius 1 is 1.19 bits per heavy atom. The predicted molar refractivity (Wildman–Crippen MR) is 56.7 cm³/mol. The Kier molecular flexibility index (Phi) is 2.68. The van der Waals surface area contributed by atoms with E-state index in [0.717, 1.165) is 0 Å². The molecule has 5 heteroatoms. The molecule has 1 N–H and O–H groups in total. The molecule has 0 aliphatic rings. The second-order valence-corrected chi connectivity index (χ2v) is 3.04. The van der Waals surface area contributed by atoms with Crippen LogP contribution in [0.3, 0.4) is 0 Å². The third-order valence-electron chi connectivity index (χ3n) is 2.16. The molecule has 2 rings (SSSR count). The average molecular weight is 221 g/mol. The molecule has 1 aromatic carbocycles. The summed E-state index contributed by atoms with van der Waals surface area (Å²) in [5.41, 5.74) is 0.627. The van der Waals surface area contributed by atoms with E-state index in [2.05, 4.69) is 4.98 Å². The van der Waals surface area contributed by atoms with Crippen molar-refractivity contribution in [2.24, 2.45) is 0 Å². The highest BCUT2D eigenvalue weighted by Gasteiger charge is 2.18. The van der Waals surface area contributed by atoms with Crippen molar-refractivity contribution < 1.29 is 19.0 Å². The Bertz CT molecular complexity index is 479. The van der Waals surface area contributed by atoms with Crippen LogP contribution in [0.2, 0.25) is 0 Å². The highest BCUT2D eigenvalue weighted by molar-refractivity contribution is 5.70. The molecule has 0 unspecified atom stereocenters. The summed E-state index contributed by atoms with van der Waals surface area (Å²) in [5.74, 6) is 1.08. The van der Waals surface area contributed by atoms with Gasteiger partial charge in [-0.2, -0.15) is 0 Å². The Morgan fingerprint density at radius 3 is 2.50 bits per heavy atom. The average Bonchev–Trinajstić information content (AvgIpc) is 2.81. The van der Waals surface area contributed by atoms with Gasteiger partial charge in [0.25, 0.3) is 0 Å². The first-order chi connectivity index (χ1) is 7.77. The van der Waals surface area contributed by atoms with E-state index in [1.54, 1.807) is 6.07 Å². The van der Waals surface area contributed by atoms with Crippen molar-refractivity contribution in [3.8, 4) is 28.7 Å². The van der Waals surface area contributed by atoms with Gasteiger partial charge in [0.05, 0.1) is 26.0 Å². The molecule has 0 spiro atoms. The molecule has 0 amide bonds. The van der Waals surface area contributed by atoms with Crippen molar-refractivity contribution in [3.05, 3.63) is 24.6 Å². The van der Waals surface area contributed by atoms with E-state index in [9.17, 15) is 5.11 Å². The van der Waals surface area contributed by atoms with Gasteiger partial charge >= 0.3 is 0 Å². The van der Waals surface area contributed by atoms with E-state index in [1.165, 1.54) is 32.7 Å². The first-order valence-corrected chi connectivity index (χ1v) is 4.61. The van der Waals surface area contributed by atoms with Gasteiger partial charge in [-0.1, -0.05) is 0 Å². The van der Waals surface area contributed by atoms with Crippen molar-refractivity contribution in [2.75, 3.05) is 14.2 Å². The smallest absolute Gasteiger partial charge is 0.229 e. The van der Waals surface area contributed by atoms with Gasteiger partial charge in [0.2, 0.25) is 11.6 Å². The standard InChI is InChI=1S/C11H11NO4/c1-14-9-7(11-12-5-6-16-11)3-4-8(13)10(9)15-2/h3-6,13H,1-2H3. The summed E-state index contributed by atoms with van der Waals surface area (Å²) in [6.45, 7) is 0.